The summed E-state index contributed by atoms with van der Waals surface area (Å²) in [5, 5.41) is 13.4. The van der Waals surface area contributed by atoms with Gasteiger partial charge in [-0.3, -0.25) is 14.5 Å². The molecule has 21 heavy (non-hydrogen) atoms. The van der Waals surface area contributed by atoms with E-state index < -0.39 is 6.04 Å². The molecule has 1 atom stereocenters. The molecule has 0 bridgehead atoms. The van der Waals surface area contributed by atoms with Crippen molar-refractivity contribution in [2.45, 2.75) is 25.8 Å². The average Bonchev–Trinajstić information content (AvgIpc) is 2.50. The molecule has 2 heterocycles. The minimum Gasteiger partial charge on any atom is -0.356 e. The lowest BCUT2D eigenvalue weighted by Crippen LogP contribution is -2.48. The largest absolute Gasteiger partial charge is 0.356 e. The summed E-state index contributed by atoms with van der Waals surface area (Å²) in [6.45, 7) is 1.90. The van der Waals surface area contributed by atoms with Crippen molar-refractivity contribution < 1.29 is 9.59 Å². The maximum absolute atomic E-state index is 12.1. The third-order valence-electron chi connectivity index (χ3n) is 3.83. The zero-order valence-electron chi connectivity index (χ0n) is 12.0. The number of fused-ring (bicyclic) bond motifs is 1. The first kappa shape index (κ1) is 13.5. The van der Waals surface area contributed by atoms with Crippen LogP contribution in [0.1, 0.15) is 18.5 Å². The molecule has 6 nitrogen and oxygen atoms in total. The van der Waals surface area contributed by atoms with Gasteiger partial charge in [-0.05, 0) is 13.3 Å². The molecular weight excluding hydrogens is 268 g/mol. The Morgan fingerprint density at radius 1 is 1.19 bits per heavy atom. The van der Waals surface area contributed by atoms with Gasteiger partial charge in [-0.25, -0.2) is 0 Å². The van der Waals surface area contributed by atoms with Crippen LogP contribution in [-0.4, -0.2) is 40.0 Å². The lowest BCUT2D eigenvalue weighted by molar-refractivity contribution is -0.146. The van der Waals surface area contributed by atoms with Gasteiger partial charge in [0.2, 0.25) is 5.91 Å². The fourth-order valence-corrected chi connectivity index (χ4v) is 2.56. The highest BCUT2D eigenvalue weighted by molar-refractivity contribution is 6.02. The molecule has 0 radical (unpaired) electrons. The Hall–Kier alpha value is -2.50. The highest BCUT2D eigenvalue weighted by Crippen LogP contribution is 2.24. The second-order valence-electron chi connectivity index (χ2n) is 5.21. The molecule has 1 aromatic carbocycles. The van der Waals surface area contributed by atoms with Gasteiger partial charge >= 0.3 is 0 Å². The monoisotopic (exact) mass is 284 g/mol. The topological polar surface area (TPSA) is 75.2 Å². The fraction of sp³-hybridized carbons (Fsp3) is 0.333. The number of aryl methyl sites for hydroxylation is 1. The summed E-state index contributed by atoms with van der Waals surface area (Å²) in [5.74, 6) is 0.216. The zero-order valence-corrected chi connectivity index (χ0v) is 12.0. The highest BCUT2D eigenvalue weighted by Gasteiger charge is 2.32. The molecule has 1 unspecified atom stereocenters. The van der Waals surface area contributed by atoms with E-state index in [2.05, 4.69) is 15.5 Å². The van der Waals surface area contributed by atoms with Crippen molar-refractivity contribution in [1.29, 1.82) is 0 Å². The number of hydrogen-bond acceptors (Lipinski definition) is 5. The fourth-order valence-electron chi connectivity index (χ4n) is 2.56. The summed E-state index contributed by atoms with van der Waals surface area (Å²) in [7, 11) is 1.51. The van der Waals surface area contributed by atoms with Crippen molar-refractivity contribution in [3.63, 3.8) is 0 Å². The highest BCUT2D eigenvalue weighted by atomic mass is 16.2. The minimum absolute atomic E-state index is 0.141. The van der Waals surface area contributed by atoms with E-state index >= 15 is 0 Å². The predicted molar refractivity (Wildman–Crippen MR) is 78.7 cm³/mol. The number of carbonyl (C=O) groups is 2. The molecule has 1 aromatic heterocycles. The first-order chi connectivity index (χ1) is 10.1. The van der Waals surface area contributed by atoms with E-state index in [9.17, 15) is 9.59 Å². The van der Waals surface area contributed by atoms with Crippen LogP contribution in [0.25, 0.3) is 10.8 Å². The van der Waals surface area contributed by atoms with Crippen LogP contribution >= 0.6 is 0 Å². The molecule has 3 rings (SSSR count). The van der Waals surface area contributed by atoms with Gasteiger partial charge in [-0.1, -0.05) is 24.3 Å². The maximum atomic E-state index is 12.1. The van der Waals surface area contributed by atoms with Crippen molar-refractivity contribution in [3.8, 4) is 0 Å². The van der Waals surface area contributed by atoms with E-state index in [1.165, 1.54) is 11.9 Å². The van der Waals surface area contributed by atoms with E-state index in [1.807, 2.05) is 31.2 Å². The number of aromatic nitrogens is 2. The SMILES string of the molecule is Cc1nnc(NC2CCC(=O)N(C)C2=O)c2ccccc12. The van der Waals surface area contributed by atoms with Crippen LogP contribution in [0.15, 0.2) is 24.3 Å². The lowest BCUT2D eigenvalue weighted by atomic mass is 10.0. The lowest BCUT2D eigenvalue weighted by Gasteiger charge is -2.28. The molecule has 1 aliphatic rings. The number of hydrogen-bond donors (Lipinski definition) is 1. The molecule has 0 spiro atoms. The number of benzene rings is 1. The Morgan fingerprint density at radius 2 is 1.90 bits per heavy atom. The number of rotatable bonds is 2. The van der Waals surface area contributed by atoms with Crippen LogP contribution in [0.5, 0.6) is 0 Å². The number of imide groups is 1. The Bertz CT molecular complexity index is 729. The van der Waals surface area contributed by atoms with Gasteiger partial charge in [0.15, 0.2) is 5.82 Å². The number of amides is 2. The third kappa shape index (κ3) is 2.33. The molecule has 1 fully saturated rings. The number of likely N-dealkylation sites (N-methyl/N-ethyl adjacent to an activating group) is 1. The van der Waals surface area contributed by atoms with Gasteiger partial charge in [-0.2, -0.15) is 5.10 Å². The Labute approximate surface area is 122 Å². The smallest absolute Gasteiger partial charge is 0.251 e. The standard InChI is InChI=1S/C15H16N4O2/c1-9-10-5-3-4-6-11(10)14(18-17-9)16-12-7-8-13(20)19(2)15(12)21/h3-6,12H,7-8H2,1-2H3,(H,16,18). The van der Waals surface area contributed by atoms with E-state index in [0.29, 0.717) is 18.7 Å². The summed E-state index contributed by atoms with van der Waals surface area (Å²) >= 11 is 0. The van der Waals surface area contributed by atoms with Gasteiger partial charge in [-0.15, -0.1) is 5.10 Å². The molecule has 0 saturated carbocycles. The maximum Gasteiger partial charge on any atom is 0.251 e. The van der Waals surface area contributed by atoms with Crippen molar-refractivity contribution in [2.75, 3.05) is 12.4 Å². The van der Waals surface area contributed by atoms with Crippen molar-refractivity contribution in [3.05, 3.63) is 30.0 Å². The number of anilines is 1. The second-order valence-corrected chi connectivity index (χ2v) is 5.21. The van der Waals surface area contributed by atoms with Crippen LogP contribution < -0.4 is 5.32 Å². The van der Waals surface area contributed by atoms with Gasteiger partial charge in [0.25, 0.3) is 5.91 Å². The van der Waals surface area contributed by atoms with Crippen LogP contribution in [0.2, 0.25) is 0 Å². The van der Waals surface area contributed by atoms with Crippen molar-refractivity contribution >= 4 is 28.4 Å². The summed E-state index contributed by atoms with van der Waals surface area (Å²) < 4.78 is 0. The van der Waals surface area contributed by atoms with Gasteiger partial charge < -0.3 is 5.32 Å². The van der Waals surface area contributed by atoms with Crippen LogP contribution in [-0.2, 0) is 9.59 Å². The zero-order chi connectivity index (χ0) is 15.0. The van der Waals surface area contributed by atoms with E-state index in [4.69, 9.17) is 0 Å². The van der Waals surface area contributed by atoms with E-state index in [1.54, 1.807) is 0 Å². The van der Waals surface area contributed by atoms with Crippen LogP contribution in [0, 0.1) is 6.92 Å². The number of piperidine rings is 1. The number of nitrogens with zero attached hydrogens (tertiary/aromatic N) is 3. The van der Waals surface area contributed by atoms with Gasteiger partial charge in [0.1, 0.15) is 6.04 Å². The van der Waals surface area contributed by atoms with E-state index in [0.717, 1.165) is 16.5 Å². The number of likely N-dealkylation sites (tertiary alicyclic amines) is 1. The summed E-state index contributed by atoms with van der Waals surface area (Å²) in [5.41, 5.74) is 0.846. The molecule has 1 saturated heterocycles. The van der Waals surface area contributed by atoms with Crippen molar-refractivity contribution in [1.82, 2.24) is 15.1 Å². The molecular formula is C15H16N4O2. The van der Waals surface area contributed by atoms with Crippen molar-refractivity contribution in [2.24, 2.45) is 0 Å². The van der Waals surface area contributed by atoms with Gasteiger partial charge in [0, 0.05) is 24.2 Å². The Balaban J connectivity index is 1.94. The minimum atomic E-state index is -0.437. The summed E-state index contributed by atoms with van der Waals surface area (Å²) in [6.07, 6.45) is 0.836. The summed E-state index contributed by atoms with van der Waals surface area (Å²) in [4.78, 5) is 24.8. The Morgan fingerprint density at radius 3 is 2.67 bits per heavy atom. The quantitative estimate of drug-likeness (QED) is 0.846. The first-order valence-corrected chi connectivity index (χ1v) is 6.87. The summed E-state index contributed by atoms with van der Waals surface area (Å²) in [6, 6.07) is 7.35. The van der Waals surface area contributed by atoms with Gasteiger partial charge in [0.05, 0.1) is 5.69 Å². The second kappa shape index (κ2) is 5.12. The van der Waals surface area contributed by atoms with Crippen LogP contribution in [0.4, 0.5) is 5.82 Å². The molecule has 1 N–H and O–H groups in total. The molecule has 2 aromatic rings. The molecule has 1 aliphatic heterocycles. The molecule has 108 valence electrons. The van der Waals surface area contributed by atoms with E-state index in [-0.39, 0.29) is 11.8 Å². The molecule has 2 amide bonds. The molecule has 0 aliphatic carbocycles. The average molecular weight is 284 g/mol. The predicted octanol–water partition coefficient (Wildman–Crippen LogP) is 1.50. The van der Waals surface area contributed by atoms with Crippen LogP contribution in [0.3, 0.4) is 0 Å². The third-order valence-corrected chi connectivity index (χ3v) is 3.83. The number of carbonyl (C=O) groups excluding carboxylic acids is 2. The first-order valence-electron chi connectivity index (χ1n) is 6.87. The number of nitrogens with one attached hydrogen (secondary N) is 1. The Kier molecular flexibility index (Phi) is 3.29. The molecule has 6 heteroatoms. The normalized spacial score (nSPS) is 19.1.